The highest BCUT2D eigenvalue weighted by atomic mass is 35.5. The fraction of sp³-hybridized carbons (Fsp3) is 0.357. The fourth-order valence-corrected chi connectivity index (χ4v) is 3.33. The summed E-state index contributed by atoms with van der Waals surface area (Å²) in [5.41, 5.74) is 0.637. The summed E-state index contributed by atoms with van der Waals surface area (Å²) in [4.78, 5) is 35.3. The Bertz CT molecular complexity index is 623. The second-order valence-corrected chi connectivity index (χ2v) is 6.69. The normalized spacial score (nSPS) is 18.1. The van der Waals surface area contributed by atoms with Crippen molar-refractivity contribution in [3.8, 4) is 0 Å². The van der Waals surface area contributed by atoms with E-state index in [1.54, 1.807) is 25.1 Å². The van der Waals surface area contributed by atoms with Gasteiger partial charge < -0.3 is 15.7 Å². The largest absolute Gasteiger partial charge is 0.481 e. The van der Waals surface area contributed by atoms with Crippen molar-refractivity contribution >= 4 is 46.8 Å². The molecule has 2 rings (SSSR count). The van der Waals surface area contributed by atoms with E-state index in [0.717, 1.165) is 4.90 Å². The van der Waals surface area contributed by atoms with E-state index >= 15 is 0 Å². The van der Waals surface area contributed by atoms with Gasteiger partial charge in [0.2, 0.25) is 11.8 Å². The van der Waals surface area contributed by atoms with Gasteiger partial charge in [0, 0.05) is 22.4 Å². The van der Waals surface area contributed by atoms with Crippen LogP contribution in [-0.4, -0.2) is 34.2 Å². The Morgan fingerprint density at radius 3 is 2.91 bits per heavy atom. The molecular weight excluding hydrogens is 328 g/mol. The number of hydrogen-bond donors (Lipinski definition) is 3. The summed E-state index contributed by atoms with van der Waals surface area (Å²) in [6.45, 7) is 1.61. The van der Waals surface area contributed by atoms with Gasteiger partial charge in [-0.15, -0.1) is 11.8 Å². The van der Waals surface area contributed by atoms with Crippen molar-refractivity contribution < 1.29 is 19.5 Å². The van der Waals surface area contributed by atoms with E-state index in [4.69, 9.17) is 16.7 Å². The number of carboxylic acid groups (broad SMARTS) is 1. The number of rotatable bonds is 5. The minimum atomic E-state index is -0.983. The minimum Gasteiger partial charge on any atom is -0.481 e. The Balaban J connectivity index is 1.96. The lowest BCUT2D eigenvalue weighted by Gasteiger charge is -2.24. The highest BCUT2D eigenvalue weighted by Crippen LogP contribution is 2.38. The molecule has 0 bridgehead atoms. The third kappa shape index (κ3) is 4.38. The Morgan fingerprint density at radius 1 is 1.50 bits per heavy atom. The Kier molecular flexibility index (Phi) is 5.31. The maximum absolute atomic E-state index is 12.0. The summed E-state index contributed by atoms with van der Waals surface area (Å²) < 4.78 is 0. The van der Waals surface area contributed by atoms with Gasteiger partial charge >= 0.3 is 5.97 Å². The molecule has 0 saturated carbocycles. The molecule has 1 aliphatic rings. The molecule has 0 spiro atoms. The first-order chi connectivity index (χ1) is 10.3. The summed E-state index contributed by atoms with van der Waals surface area (Å²) >= 11 is 7.17. The van der Waals surface area contributed by atoms with Gasteiger partial charge in [0.15, 0.2) is 0 Å². The molecule has 1 aromatic rings. The molecule has 0 aromatic heterocycles. The van der Waals surface area contributed by atoms with Crippen molar-refractivity contribution in [1.29, 1.82) is 0 Å². The van der Waals surface area contributed by atoms with Gasteiger partial charge in [0.05, 0.1) is 17.4 Å². The van der Waals surface area contributed by atoms with Crippen LogP contribution < -0.4 is 10.6 Å². The quantitative estimate of drug-likeness (QED) is 0.761. The SMILES string of the molecule is CC(CC(=O)O)NC(=O)CC1Sc2ccc(Cl)cc2NC1=O. The van der Waals surface area contributed by atoms with Gasteiger partial charge in [0.25, 0.3) is 0 Å². The molecule has 2 amide bonds. The van der Waals surface area contributed by atoms with Crippen molar-refractivity contribution in [1.82, 2.24) is 5.32 Å². The summed E-state index contributed by atoms with van der Waals surface area (Å²) in [6, 6.07) is 4.69. The van der Waals surface area contributed by atoms with E-state index in [1.165, 1.54) is 11.8 Å². The van der Waals surface area contributed by atoms with E-state index < -0.39 is 17.3 Å². The molecule has 0 fully saturated rings. The zero-order valence-corrected chi connectivity index (χ0v) is 13.3. The zero-order valence-electron chi connectivity index (χ0n) is 11.8. The number of amides is 2. The van der Waals surface area contributed by atoms with Gasteiger partial charge in [-0.3, -0.25) is 14.4 Å². The van der Waals surface area contributed by atoms with Crippen LogP contribution in [-0.2, 0) is 14.4 Å². The highest BCUT2D eigenvalue weighted by Gasteiger charge is 2.29. The Labute approximate surface area is 136 Å². The van der Waals surface area contributed by atoms with Crippen LogP contribution in [0, 0.1) is 0 Å². The van der Waals surface area contributed by atoms with Crippen LogP contribution in [0.3, 0.4) is 0 Å². The van der Waals surface area contributed by atoms with Crippen LogP contribution >= 0.6 is 23.4 Å². The highest BCUT2D eigenvalue weighted by molar-refractivity contribution is 8.01. The number of carbonyl (C=O) groups excluding carboxylic acids is 2. The van der Waals surface area contributed by atoms with E-state index in [-0.39, 0.29) is 24.7 Å². The lowest BCUT2D eigenvalue weighted by atomic mass is 10.2. The first-order valence-corrected chi connectivity index (χ1v) is 7.89. The zero-order chi connectivity index (χ0) is 16.3. The summed E-state index contributed by atoms with van der Waals surface area (Å²) in [5, 5.41) is 13.9. The maximum Gasteiger partial charge on any atom is 0.305 e. The predicted octanol–water partition coefficient (Wildman–Crippen LogP) is 2.12. The van der Waals surface area contributed by atoms with Crippen LogP contribution in [0.1, 0.15) is 19.8 Å². The average Bonchev–Trinajstić information content (AvgIpc) is 2.38. The predicted molar refractivity (Wildman–Crippen MR) is 84.2 cm³/mol. The Morgan fingerprint density at radius 2 is 2.23 bits per heavy atom. The number of anilines is 1. The van der Waals surface area contributed by atoms with Crippen LogP contribution in [0.4, 0.5) is 5.69 Å². The lowest BCUT2D eigenvalue weighted by molar-refractivity contribution is -0.137. The topological polar surface area (TPSA) is 95.5 Å². The standard InChI is InChI=1S/C14H15ClN2O4S/c1-7(4-13(19)20)16-12(18)6-11-14(21)17-9-5-8(15)2-3-10(9)22-11/h2-3,5,7,11H,4,6H2,1H3,(H,16,18)(H,17,21)(H,19,20). The van der Waals surface area contributed by atoms with Crippen LogP contribution in [0.25, 0.3) is 0 Å². The van der Waals surface area contributed by atoms with Crippen LogP contribution in [0.2, 0.25) is 5.02 Å². The maximum atomic E-state index is 12.0. The summed E-state index contributed by atoms with van der Waals surface area (Å²) in [6.07, 6.45) is -0.167. The van der Waals surface area contributed by atoms with Crippen LogP contribution in [0.5, 0.6) is 0 Å². The molecule has 1 aliphatic heterocycles. The molecule has 1 aromatic carbocycles. The molecule has 2 atom stereocenters. The molecule has 2 unspecified atom stereocenters. The van der Waals surface area contributed by atoms with Crippen molar-refractivity contribution in [3.05, 3.63) is 23.2 Å². The second-order valence-electron chi connectivity index (χ2n) is 5.01. The number of carboxylic acids is 1. The molecule has 22 heavy (non-hydrogen) atoms. The van der Waals surface area contributed by atoms with Gasteiger partial charge in [-0.2, -0.15) is 0 Å². The second kappa shape index (κ2) is 7.02. The van der Waals surface area contributed by atoms with Crippen molar-refractivity contribution in [2.75, 3.05) is 5.32 Å². The number of carbonyl (C=O) groups is 3. The number of hydrogen-bond acceptors (Lipinski definition) is 4. The van der Waals surface area contributed by atoms with E-state index in [9.17, 15) is 14.4 Å². The Hall–Kier alpha value is -1.73. The van der Waals surface area contributed by atoms with E-state index in [1.807, 2.05) is 0 Å². The number of nitrogens with one attached hydrogen (secondary N) is 2. The number of benzene rings is 1. The van der Waals surface area contributed by atoms with E-state index in [0.29, 0.717) is 10.7 Å². The third-order valence-corrected chi connectivity index (χ3v) is 4.53. The lowest BCUT2D eigenvalue weighted by Crippen LogP contribution is -2.39. The fourth-order valence-electron chi connectivity index (χ4n) is 2.07. The molecule has 3 N–H and O–H groups in total. The number of aliphatic carboxylic acids is 1. The summed E-state index contributed by atoms with van der Waals surface area (Å²) in [7, 11) is 0. The first kappa shape index (κ1) is 16.6. The number of halogens is 1. The van der Waals surface area contributed by atoms with Gasteiger partial charge in [0.1, 0.15) is 0 Å². The van der Waals surface area contributed by atoms with Crippen molar-refractivity contribution in [3.63, 3.8) is 0 Å². The van der Waals surface area contributed by atoms with Crippen LogP contribution in [0.15, 0.2) is 23.1 Å². The molecule has 6 nitrogen and oxygen atoms in total. The smallest absolute Gasteiger partial charge is 0.305 e. The first-order valence-electron chi connectivity index (χ1n) is 6.63. The molecule has 0 saturated heterocycles. The monoisotopic (exact) mass is 342 g/mol. The number of fused-ring (bicyclic) bond motifs is 1. The van der Waals surface area contributed by atoms with Crippen molar-refractivity contribution in [2.24, 2.45) is 0 Å². The van der Waals surface area contributed by atoms with Gasteiger partial charge in [-0.1, -0.05) is 11.6 Å². The van der Waals surface area contributed by atoms with Crippen molar-refractivity contribution in [2.45, 2.75) is 36.0 Å². The molecule has 0 radical (unpaired) electrons. The molecule has 1 heterocycles. The summed E-state index contributed by atoms with van der Waals surface area (Å²) in [5.74, 6) is -1.59. The molecule has 8 heteroatoms. The van der Waals surface area contributed by atoms with Gasteiger partial charge in [-0.05, 0) is 25.1 Å². The molecule has 118 valence electrons. The van der Waals surface area contributed by atoms with Gasteiger partial charge in [-0.25, -0.2) is 0 Å². The molecular formula is C14H15ClN2O4S. The molecule has 0 aliphatic carbocycles. The third-order valence-electron chi connectivity index (χ3n) is 3.02. The minimum absolute atomic E-state index is 0.0114. The average molecular weight is 343 g/mol. The van der Waals surface area contributed by atoms with E-state index in [2.05, 4.69) is 10.6 Å². The number of thioether (sulfide) groups is 1.